The molecule has 0 aliphatic carbocycles. The summed E-state index contributed by atoms with van der Waals surface area (Å²) in [6.45, 7) is 7.18. The summed E-state index contributed by atoms with van der Waals surface area (Å²) in [5.41, 5.74) is 2.60. The van der Waals surface area contributed by atoms with Crippen LogP contribution in [0.25, 0.3) is 5.76 Å². The van der Waals surface area contributed by atoms with Crippen molar-refractivity contribution in [2.45, 2.75) is 45.8 Å². The number of benzene rings is 2. The Kier molecular flexibility index (Phi) is 7.92. The highest BCUT2D eigenvalue weighted by molar-refractivity contribution is 6.46. The van der Waals surface area contributed by atoms with Crippen LogP contribution in [-0.2, 0) is 16.0 Å². The van der Waals surface area contributed by atoms with Crippen molar-refractivity contribution in [3.05, 3.63) is 70.8 Å². The third-order valence-electron chi connectivity index (χ3n) is 5.75. The van der Waals surface area contributed by atoms with E-state index in [1.165, 1.54) is 5.56 Å². The normalized spacial score (nSPS) is 17.9. The topological polar surface area (TPSA) is 70.1 Å². The monoisotopic (exact) mass is 450 g/mol. The van der Waals surface area contributed by atoms with Gasteiger partial charge in [-0.2, -0.15) is 0 Å². The summed E-state index contributed by atoms with van der Waals surface area (Å²) in [6, 6.07) is 14.2. The molecule has 2 aromatic rings. The third kappa shape index (κ3) is 5.63. The number of aliphatic hydroxyl groups excluding tert-OH is 1. The largest absolute Gasteiger partial charge is 0.507 e. The number of Topliss-reactive ketones (excluding diaryl/α,β-unsaturated/α-hetero) is 1. The first-order valence-corrected chi connectivity index (χ1v) is 11.5. The number of ketones is 1. The van der Waals surface area contributed by atoms with E-state index >= 15 is 0 Å². The van der Waals surface area contributed by atoms with Gasteiger partial charge in [-0.05, 0) is 82.7 Å². The first-order chi connectivity index (χ1) is 15.7. The average Bonchev–Trinajstić information content (AvgIpc) is 3.03. The highest BCUT2D eigenvalue weighted by atomic mass is 16.5. The summed E-state index contributed by atoms with van der Waals surface area (Å²) < 4.78 is 5.67. The van der Waals surface area contributed by atoms with Crippen LogP contribution < -0.4 is 4.74 Å². The summed E-state index contributed by atoms with van der Waals surface area (Å²) in [6.07, 6.45) is 1.65. The van der Waals surface area contributed by atoms with Crippen LogP contribution in [0.2, 0.25) is 0 Å². The van der Waals surface area contributed by atoms with Crippen molar-refractivity contribution in [1.82, 2.24) is 9.80 Å². The molecule has 0 spiro atoms. The molecule has 0 unspecified atom stereocenters. The number of likely N-dealkylation sites (tertiary alicyclic amines) is 1. The number of hydrogen-bond acceptors (Lipinski definition) is 5. The molecule has 1 atom stereocenters. The average molecular weight is 451 g/mol. The smallest absolute Gasteiger partial charge is 0.295 e. The van der Waals surface area contributed by atoms with E-state index in [1.54, 1.807) is 29.2 Å². The lowest BCUT2D eigenvalue weighted by molar-refractivity contribution is -0.139. The van der Waals surface area contributed by atoms with Gasteiger partial charge in [-0.15, -0.1) is 0 Å². The number of rotatable bonds is 9. The van der Waals surface area contributed by atoms with E-state index in [2.05, 4.69) is 6.92 Å². The van der Waals surface area contributed by atoms with Crippen LogP contribution >= 0.6 is 0 Å². The number of carbonyl (C=O) groups excluding carboxylic acids is 2. The lowest BCUT2D eigenvalue weighted by atomic mass is 9.94. The fourth-order valence-electron chi connectivity index (χ4n) is 4.07. The molecule has 1 aliphatic rings. The number of nitrogens with zero attached hydrogens (tertiary/aromatic N) is 2. The summed E-state index contributed by atoms with van der Waals surface area (Å²) in [5, 5.41) is 11.2. The molecular weight excluding hydrogens is 416 g/mol. The second-order valence-corrected chi connectivity index (χ2v) is 8.94. The zero-order valence-electron chi connectivity index (χ0n) is 20.2. The molecule has 3 rings (SSSR count). The van der Waals surface area contributed by atoms with Crippen molar-refractivity contribution >= 4 is 17.4 Å². The van der Waals surface area contributed by atoms with Gasteiger partial charge in [-0.1, -0.05) is 31.2 Å². The Labute approximate surface area is 196 Å². The molecular formula is C27H34N2O4. The Bertz CT molecular complexity index is 1010. The molecule has 6 heteroatoms. The molecule has 1 amide bonds. The number of ether oxygens (including phenoxy) is 1. The van der Waals surface area contributed by atoms with Gasteiger partial charge < -0.3 is 19.6 Å². The summed E-state index contributed by atoms with van der Waals surface area (Å²) >= 11 is 0. The van der Waals surface area contributed by atoms with E-state index in [4.69, 9.17) is 4.74 Å². The van der Waals surface area contributed by atoms with Crippen LogP contribution in [0.1, 0.15) is 49.9 Å². The Hall–Kier alpha value is -3.12. The van der Waals surface area contributed by atoms with E-state index in [0.29, 0.717) is 17.9 Å². The number of hydrogen-bond donors (Lipinski definition) is 1. The highest BCUT2D eigenvalue weighted by Gasteiger charge is 2.45. The van der Waals surface area contributed by atoms with Crippen LogP contribution in [0.15, 0.2) is 54.1 Å². The van der Waals surface area contributed by atoms with Gasteiger partial charge in [0.25, 0.3) is 11.7 Å². The van der Waals surface area contributed by atoms with Gasteiger partial charge in [0.2, 0.25) is 0 Å². The lowest BCUT2D eigenvalue weighted by Crippen LogP contribution is -2.32. The minimum absolute atomic E-state index is 0.0306. The van der Waals surface area contributed by atoms with Gasteiger partial charge in [-0.25, -0.2) is 0 Å². The zero-order valence-corrected chi connectivity index (χ0v) is 20.2. The molecule has 1 fully saturated rings. The molecule has 1 N–H and O–H groups in total. The molecule has 33 heavy (non-hydrogen) atoms. The predicted octanol–water partition coefficient (Wildman–Crippen LogP) is 4.41. The second-order valence-electron chi connectivity index (χ2n) is 8.94. The van der Waals surface area contributed by atoms with Crippen LogP contribution in [0.5, 0.6) is 5.75 Å². The summed E-state index contributed by atoms with van der Waals surface area (Å²) in [5.74, 6) is -0.703. The summed E-state index contributed by atoms with van der Waals surface area (Å²) in [4.78, 5) is 29.7. The Balaban J connectivity index is 2.03. The standard InChI is InChI=1S/C27H34N2O4/c1-6-19-8-10-20(11-9-19)24-23(26(31)27(32)29(24)17-7-16-28(4)5)25(30)21-12-14-22(15-13-21)33-18(2)3/h8-15,18,24,30H,6-7,16-17H2,1-5H3/b25-23+/t24-/m1/s1. The van der Waals surface area contributed by atoms with E-state index in [1.807, 2.05) is 57.1 Å². The van der Waals surface area contributed by atoms with Crippen LogP contribution in [-0.4, -0.2) is 59.9 Å². The van der Waals surface area contributed by atoms with Gasteiger partial charge in [-0.3, -0.25) is 9.59 Å². The SMILES string of the molecule is CCc1ccc([C@@H]2/C(=C(\O)c3ccc(OC(C)C)cc3)C(=O)C(=O)N2CCCN(C)C)cc1. The molecule has 1 heterocycles. The summed E-state index contributed by atoms with van der Waals surface area (Å²) in [7, 11) is 3.95. The van der Waals surface area contributed by atoms with E-state index < -0.39 is 17.7 Å². The number of aryl methyl sites for hydroxylation is 1. The van der Waals surface area contributed by atoms with Crippen molar-refractivity contribution in [3.63, 3.8) is 0 Å². The van der Waals surface area contributed by atoms with Crippen molar-refractivity contribution in [2.24, 2.45) is 0 Å². The molecule has 0 bridgehead atoms. The number of carbonyl (C=O) groups is 2. The molecule has 0 saturated carbocycles. The first-order valence-electron chi connectivity index (χ1n) is 11.5. The number of amides is 1. The highest BCUT2D eigenvalue weighted by Crippen LogP contribution is 2.39. The van der Waals surface area contributed by atoms with Gasteiger partial charge in [0.05, 0.1) is 17.7 Å². The van der Waals surface area contributed by atoms with E-state index in [0.717, 1.165) is 24.9 Å². The van der Waals surface area contributed by atoms with Gasteiger partial charge in [0.15, 0.2) is 0 Å². The zero-order chi connectivity index (χ0) is 24.1. The van der Waals surface area contributed by atoms with E-state index in [9.17, 15) is 14.7 Å². The number of aliphatic hydroxyl groups is 1. The minimum atomic E-state index is -0.649. The lowest BCUT2D eigenvalue weighted by Gasteiger charge is -2.26. The Morgan fingerprint density at radius 2 is 1.70 bits per heavy atom. The van der Waals surface area contributed by atoms with Crippen molar-refractivity contribution in [1.29, 1.82) is 0 Å². The molecule has 1 saturated heterocycles. The quantitative estimate of drug-likeness (QED) is 0.348. The molecule has 6 nitrogen and oxygen atoms in total. The maximum atomic E-state index is 13.1. The van der Waals surface area contributed by atoms with Gasteiger partial charge in [0.1, 0.15) is 11.5 Å². The van der Waals surface area contributed by atoms with Gasteiger partial charge in [0, 0.05) is 12.1 Å². The van der Waals surface area contributed by atoms with Crippen molar-refractivity contribution in [3.8, 4) is 5.75 Å². The van der Waals surface area contributed by atoms with Crippen LogP contribution in [0.4, 0.5) is 0 Å². The Morgan fingerprint density at radius 1 is 1.06 bits per heavy atom. The molecule has 176 valence electrons. The maximum Gasteiger partial charge on any atom is 0.295 e. The molecule has 1 aliphatic heterocycles. The fourth-order valence-corrected chi connectivity index (χ4v) is 4.07. The van der Waals surface area contributed by atoms with E-state index in [-0.39, 0.29) is 17.4 Å². The maximum absolute atomic E-state index is 13.1. The fraction of sp³-hybridized carbons (Fsp3) is 0.407. The second kappa shape index (κ2) is 10.7. The van der Waals surface area contributed by atoms with Gasteiger partial charge >= 0.3 is 0 Å². The van der Waals surface area contributed by atoms with Crippen molar-refractivity contribution < 1.29 is 19.4 Å². The molecule has 2 aromatic carbocycles. The third-order valence-corrected chi connectivity index (χ3v) is 5.75. The first kappa shape index (κ1) is 24.5. The Morgan fingerprint density at radius 3 is 2.24 bits per heavy atom. The van der Waals surface area contributed by atoms with Crippen LogP contribution in [0.3, 0.4) is 0 Å². The van der Waals surface area contributed by atoms with Crippen molar-refractivity contribution in [2.75, 3.05) is 27.2 Å². The van der Waals surface area contributed by atoms with Crippen LogP contribution in [0, 0.1) is 0 Å². The molecule has 0 aromatic heterocycles. The molecule has 0 radical (unpaired) electrons. The predicted molar refractivity (Wildman–Crippen MR) is 130 cm³/mol. The minimum Gasteiger partial charge on any atom is -0.507 e.